The van der Waals surface area contributed by atoms with Crippen LogP contribution in [0, 0.1) is 0 Å². The number of hydrogen-bond acceptors (Lipinski definition) is 3. The van der Waals surface area contributed by atoms with Gasteiger partial charge in [-0.05, 0) is 31.6 Å². The zero-order valence-electron chi connectivity index (χ0n) is 9.73. The number of aromatic amines is 1. The fraction of sp³-hybridized carbons (Fsp3) is 0.231. The largest absolute Gasteiger partial charge is 0.345 e. The highest BCUT2D eigenvalue weighted by Gasteiger charge is 2.03. The summed E-state index contributed by atoms with van der Waals surface area (Å²) in [6, 6.07) is 1.97. The zero-order chi connectivity index (χ0) is 12.1. The number of pyridine rings is 1. The van der Waals surface area contributed by atoms with Crippen LogP contribution in [0.15, 0.2) is 24.5 Å². The molecule has 0 unspecified atom stereocenters. The van der Waals surface area contributed by atoms with E-state index < -0.39 is 0 Å². The van der Waals surface area contributed by atoms with Crippen molar-refractivity contribution in [3.05, 3.63) is 35.7 Å². The Morgan fingerprint density at radius 2 is 2.41 bits per heavy atom. The van der Waals surface area contributed by atoms with Crippen LogP contribution in [0.2, 0.25) is 0 Å². The molecule has 2 aromatic heterocycles. The minimum atomic E-state index is 0.651. The maximum atomic E-state index is 10.8. The Hall–Kier alpha value is -1.94. The Morgan fingerprint density at radius 3 is 3.18 bits per heavy atom. The third-order valence-corrected chi connectivity index (χ3v) is 2.58. The first-order chi connectivity index (χ1) is 8.35. The molecule has 0 amide bonds. The van der Waals surface area contributed by atoms with Crippen LogP contribution in [-0.4, -0.2) is 29.8 Å². The van der Waals surface area contributed by atoms with Crippen LogP contribution >= 0.6 is 0 Å². The van der Waals surface area contributed by atoms with Gasteiger partial charge in [0.05, 0.1) is 0 Å². The second-order valence-electron chi connectivity index (χ2n) is 3.82. The number of aromatic nitrogens is 2. The number of H-pyrrole nitrogens is 1. The van der Waals surface area contributed by atoms with Crippen molar-refractivity contribution < 1.29 is 4.79 Å². The second kappa shape index (κ2) is 5.41. The number of aldehydes is 1. The average molecular weight is 229 g/mol. The minimum absolute atomic E-state index is 0.651. The van der Waals surface area contributed by atoms with Gasteiger partial charge in [-0.15, -0.1) is 0 Å². The monoisotopic (exact) mass is 229 g/mol. The van der Waals surface area contributed by atoms with Crippen molar-refractivity contribution in [1.29, 1.82) is 0 Å². The number of fused-ring (bicyclic) bond motifs is 1. The van der Waals surface area contributed by atoms with Gasteiger partial charge in [0.25, 0.3) is 0 Å². The standard InChI is InChI=1S/C13H15N3O/c1-14-5-3-2-4-10-6-12-11(9-17)8-16-13(12)15-7-10/h2,4,6-9,14H,3,5H2,1H3,(H,15,16). The van der Waals surface area contributed by atoms with E-state index in [1.54, 1.807) is 12.4 Å². The van der Waals surface area contributed by atoms with Crippen molar-refractivity contribution in [2.45, 2.75) is 6.42 Å². The predicted octanol–water partition coefficient (Wildman–Crippen LogP) is 2.00. The van der Waals surface area contributed by atoms with Crippen LogP contribution in [0.3, 0.4) is 0 Å². The summed E-state index contributed by atoms with van der Waals surface area (Å²) in [6.45, 7) is 0.954. The summed E-state index contributed by atoms with van der Waals surface area (Å²) in [5.74, 6) is 0. The number of carbonyl (C=O) groups excluding carboxylic acids is 1. The van der Waals surface area contributed by atoms with Gasteiger partial charge in [-0.3, -0.25) is 4.79 Å². The summed E-state index contributed by atoms with van der Waals surface area (Å²) < 4.78 is 0. The molecule has 0 saturated heterocycles. The van der Waals surface area contributed by atoms with Gasteiger partial charge in [0.2, 0.25) is 0 Å². The van der Waals surface area contributed by atoms with Crippen molar-refractivity contribution in [3.63, 3.8) is 0 Å². The molecule has 0 bridgehead atoms. The van der Waals surface area contributed by atoms with Crippen LogP contribution < -0.4 is 5.32 Å². The molecule has 2 N–H and O–H groups in total. The molecule has 2 rings (SSSR count). The Balaban J connectivity index is 2.24. The molecule has 0 aliphatic rings. The van der Waals surface area contributed by atoms with E-state index in [-0.39, 0.29) is 0 Å². The number of rotatable bonds is 5. The molecule has 0 saturated carbocycles. The van der Waals surface area contributed by atoms with E-state index in [0.717, 1.165) is 35.8 Å². The highest BCUT2D eigenvalue weighted by atomic mass is 16.1. The highest BCUT2D eigenvalue weighted by molar-refractivity contribution is 5.96. The molecule has 4 heteroatoms. The van der Waals surface area contributed by atoms with Gasteiger partial charge in [-0.2, -0.15) is 0 Å². The normalized spacial score (nSPS) is 11.4. The molecular formula is C13H15N3O. The fourth-order valence-corrected chi connectivity index (χ4v) is 1.68. The third-order valence-electron chi connectivity index (χ3n) is 2.58. The Bertz CT molecular complexity index is 543. The Labute approximate surface area is 99.8 Å². The van der Waals surface area contributed by atoms with E-state index in [2.05, 4.69) is 21.4 Å². The third kappa shape index (κ3) is 2.60. The van der Waals surface area contributed by atoms with E-state index in [1.165, 1.54) is 0 Å². The Kier molecular flexibility index (Phi) is 3.67. The summed E-state index contributed by atoms with van der Waals surface area (Å²) in [5.41, 5.74) is 2.41. The first kappa shape index (κ1) is 11.5. The van der Waals surface area contributed by atoms with Gasteiger partial charge < -0.3 is 10.3 Å². The average Bonchev–Trinajstić information content (AvgIpc) is 2.77. The summed E-state index contributed by atoms with van der Waals surface area (Å²) >= 11 is 0. The molecule has 17 heavy (non-hydrogen) atoms. The zero-order valence-corrected chi connectivity index (χ0v) is 9.73. The van der Waals surface area contributed by atoms with E-state index >= 15 is 0 Å². The minimum Gasteiger partial charge on any atom is -0.345 e. The van der Waals surface area contributed by atoms with Gasteiger partial charge >= 0.3 is 0 Å². The molecule has 0 aliphatic carbocycles. The quantitative estimate of drug-likeness (QED) is 0.609. The number of carbonyl (C=O) groups is 1. The van der Waals surface area contributed by atoms with Gasteiger partial charge in [-0.25, -0.2) is 4.98 Å². The first-order valence-electron chi connectivity index (χ1n) is 5.58. The Morgan fingerprint density at radius 1 is 1.53 bits per heavy atom. The van der Waals surface area contributed by atoms with Crippen LogP contribution in [0.5, 0.6) is 0 Å². The molecule has 0 radical (unpaired) electrons. The van der Waals surface area contributed by atoms with Crippen molar-refractivity contribution in [3.8, 4) is 0 Å². The molecule has 0 spiro atoms. The summed E-state index contributed by atoms with van der Waals surface area (Å²) in [4.78, 5) is 18.1. The van der Waals surface area contributed by atoms with Gasteiger partial charge in [-0.1, -0.05) is 12.2 Å². The van der Waals surface area contributed by atoms with Crippen LogP contribution in [0.4, 0.5) is 0 Å². The number of nitrogens with zero attached hydrogens (tertiary/aromatic N) is 1. The molecule has 0 aliphatic heterocycles. The second-order valence-corrected chi connectivity index (χ2v) is 3.82. The summed E-state index contributed by atoms with van der Waals surface area (Å²) in [7, 11) is 1.93. The topological polar surface area (TPSA) is 57.8 Å². The van der Waals surface area contributed by atoms with Crippen molar-refractivity contribution in [2.75, 3.05) is 13.6 Å². The molecule has 0 aromatic carbocycles. The van der Waals surface area contributed by atoms with Crippen molar-refractivity contribution >= 4 is 23.4 Å². The van der Waals surface area contributed by atoms with Crippen LogP contribution in [0.1, 0.15) is 22.3 Å². The molecule has 2 heterocycles. The maximum Gasteiger partial charge on any atom is 0.152 e. The predicted molar refractivity (Wildman–Crippen MR) is 69.1 cm³/mol. The lowest BCUT2D eigenvalue weighted by Crippen LogP contribution is -2.05. The SMILES string of the molecule is CNCCC=Cc1cnc2[nH]cc(C=O)c2c1. The number of nitrogens with one attached hydrogen (secondary N) is 2. The lowest BCUT2D eigenvalue weighted by atomic mass is 10.1. The number of hydrogen-bond donors (Lipinski definition) is 2. The van der Waals surface area contributed by atoms with E-state index in [0.29, 0.717) is 5.56 Å². The van der Waals surface area contributed by atoms with Gasteiger partial charge in [0, 0.05) is 23.3 Å². The lowest BCUT2D eigenvalue weighted by molar-refractivity contribution is 0.112. The summed E-state index contributed by atoms with van der Waals surface area (Å²) in [5, 5.41) is 3.95. The summed E-state index contributed by atoms with van der Waals surface area (Å²) in [6.07, 6.45) is 9.40. The van der Waals surface area contributed by atoms with E-state index in [1.807, 2.05) is 19.2 Å². The molecule has 0 atom stereocenters. The molecular weight excluding hydrogens is 214 g/mol. The maximum absolute atomic E-state index is 10.8. The van der Waals surface area contributed by atoms with Crippen LogP contribution in [-0.2, 0) is 0 Å². The molecule has 0 fully saturated rings. The molecule has 4 nitrogen and oxygen atoms in total. The van der Waals surface area contributed by atoms with Crippen LogP contribution in [0.25, 0.3) is 17.1 Å². The molecule has 88 valence electrons. The van der Waals surface area contributed by atoms with Crippen molar-refractivity contribution in [1.82, 2.24) is 15.3 Å². The van der Waals surface area contributed by atoms with E-state index in [9.17, 15) is 4.79 Å². The van der Waals surface area contributed by atoms with E-state index in [4.69, 9.17) is 0 Å². The highest BCUT2D eigenvalue weighted by Crippen LogP contribution is 2.16. The van der Waals surface area contributed by atoms with Crippen molar-refractivity contribution in [2.24, 2.45) is 0 Å². The fourth-order valence-electron chi connectivity index (χ4n) is 1.68. The smallest absolute Gasteiger partial charge is 0.152 e. The van der Waals surface area contributed by atoms with Gasteiger partial charge in [0.15, 0.2) is 6.29 Å². The lowest BCUT2D eigenvalue weighted by Gasteiger charge is -1.95. The first-order valence-corrected chi connectivity index (χ1v) is 5.58. The van der Waals surface area contributed by atoms with Gasteiger partial charge in [0.1, 0.15) is 5.65 Å². The molecule has 2 aromatic rings.